The number of hydrogen-bond donors (Lipinski definition) is 0. The summed E-state index contributed by atoms with van der Waals surface area (Å²) >= 11 is 3.32. The molecule has 2 heterocycles. The van der Waals surface area contributed by atoms with Crippen LogP contribution in [0.2, 0.25) is 0 Å². The minimum absolute atomic E-state index is 0.840. The summed E-state index contributed by atoms with van der Waals surface area (Å²) in [5.41, 5.74) is 1.29. The second-order valence-electron chi connectivity index (χ2n) is 4.21. The fraction of sp³-hybridized carbons (Fsp3) is 0.600. The molecule has 13 heavy (non-hydrogen) atoms. The van der Waals surface area contributed by atoms with Crippen LogP contribution in [0.25, 0.3) is 0 Å². The van der Waals surface area contributed by atoms with Gasteiger partial charge in [-0.25, -0.2) is 0 Å². The van der Waals surface area contributed by atoms with E-state index in [-0.39, 0.29) is 0 Å². The molecular weight excluding hydrogens is 230 g/mol. The lowest BCUT2D eigenvalue weighted by Gasteiger charge is -2.15. The second kappa shape index (κ2) is 2.85. The van der Waals surface area contributed by atoms with Gasteiger partial charge in [-0.2, -0.15) is 0 Å². The highest BCUT2D eigenvalue weighted by Crippen LogP contribution is 2.45. The lowest BCUT2D eigenvalue weighted by atomic mass is 10.3. The Balaban J connectivity index is 1.63. The summed E-state index contributed by atoms with van der Waals surface area (Å²) in [5.74, 6) is 2.05. The molecular formula is C10H12BrNO. The maximum Gasteiger partial charge on any atom is 0.169 e. The van der Waals surface area contributed by atoms with Crippen LogP contribution in [-0.4, -0.2) is 18.0 Å². The Hall–Kier alpha value is -0.280. The number of nitrogens with zero attached hydrogens (tertiary/aromatic N) is 1. The molecule has 0 radical (unpaired) electrons. The third-order valence-electron chi connectivity index (χ3n) is 3.08. The maximum absolute atomic E-state index is 5.20. The van der Waals surface area contributed by atoms with Gasteiger partial charge in [-0.15, -0.1) is 0 Å². The van der Waals surface area contributed by atoms with Crippen LogP contribution < -0.4 is 0 Å². The fourth-order valence-electron chi connectivity index (χ4n) is 2.31. The van der Waals surface area contributed by atoms with Crippen molar-refractivity contribution in [2.24, 2.45) is 11.8 Å². The highest BCUT2D eigenvalue weighted by atomic mass is 79.9. The van der Waals surface area contributed by atoms with Crippen LogP contribution in [0.4, 0.5) is 0 Å². The highest BCUT2D eigenvalue weighted by Gasteiger charge is 2.44. The number of fused-ring (bicyclic) bond motifs is 1. The van der Waals surface area contributed by atoms with Crippen molar-refractivity contribution in [1.82, 2.24) is 4.90 Å². The molecule has 1 aromatic rings. The van der Waals surface area contributed by atoms with Crippen molar-refractivity contribution in [1.29, 1.82) is 0 Å². The van der Waals surface area contributed by atoms with Gasteiger partial charge in [0.2, 0.25) is 0 Å². The molecule has 1 aliphatic heterocycles. The number of halogens is 1. The molecule has 0 spiro atoms. The molecule has 0 amide bonds. The first-order valence-electron chi connectivity index (χ1n) is 4.76. The molecule has 0 N–H and O–H groups in total. The number of likely N-dealkylation sites (tertiary alicyclic amines) is 1. The largest absolute Gasteiger partial charge is 0.457 e. The lowest BCUT2D eigenvalue weighted by molar-refractivity contribution is 0.296. The quantitative estimate of drug-likeness (QED) is 0.792. The van der Waals surface area contributed by atoms with Gasteiger partial charge in [-0.3, -0.25) is 4.90 Å². The van der Waals surface area contributed by atoms with Crippen LogP contribution in [-0.2, 0) is 6.54 Å². The average molecular weight is 242 g/mol. The van der Waals surface area contributed by atoms with E-state index in [1.54, 1.807) is 0 Å². The maximum atomic E-state index is 5.20. The predicted octanol–water partition coefficient (Wildman–Crippen LogP) is 2.49. The summed E-state index contributed by atoms with van der Waals surface area (Å²) in [6.45, 7) is 3.66. The zero-order valence-electron chi connectivity index (χ0n) is 7.37. The number of rotatable bonds is 2. The average Bonchev–Trinajstić information content (AvgIpc) is 2.55. The van der Waals surface area contributed by atoms with Gasteiger partial charge in [0.15, 0.2) is 4.67 Å². The van der Waals surface area contributed by atoms with Crippen LogP contribution in [0.15, 0.2) is 21.4 Å². The van der Waals surface area contributed by atoms with Gasteiger partial charge in [0.05, 0.1) is 6.26 Å². The van der Waals surface area contributed by atoms with Crippen LogP contribution in [0.3, 0.4) is 0 Å². The standard InChI is InChI=1S/C10H12BrNO/c11-10-1-7(6-13-10)3-12-4-8-2-9(8)5-12/h1,6,8-9H,2-5H2. The molecule has 2 atom stereocenters. The first-order chi connectivity index (χ1) is 6.31. The molecule has 2 nitrogen and oxygen atoms in total. The Morgan fingerprint density at radius 1 is 1.46 bits per heavy atom. The summed E-state index contributed by atoms with van der Waals surface area (Å²) in [6, 6.07) is 2.06. The van der Waals surface area contributed by atoms with Crippen LogP contribution in [0, 0.1) is 11.8 Å². The van der Waals surface area contributed by atoms with Gasteiger partial charge < -0.3 is 4.42 Å². The number of furan rings is 1. The third-order valence-corrected chi connectivity index (χ3v) is 3.50. The van der Waals surface area contributed by atoms with E-state index in [4.69, 9.17) is 4.42 Å². The summed E-state index contributed by atoms with van der Waals surface area (Å²) in [4.78, 5) is 2.52. The molecule has 1 aliphatic carbocycles. The third kappa shape index (κ3) is 1.55. The summed E-state index contributed by atoms with van der Waals surface area (Å²) in [7, 11) is 0. The van der Waals surface area contributed by atoms with Crippen molar-refractivity contribution in [2.75, 3.05) is 13.1 Å². The van der Waals surface area contributed by atoms with Gasteiger partial charge in [-0.05, 0) is 40.3 Å². The smallest absolute Gasteiger partial charge is 0.169 e. The zero-order valence-corrected chi connectivity index (χ0v) is 8.96. The molecule has 0 bridgehead atoms. The molecule has 3 rings (SSSR count). The van der Waals surface area contributed by atoms with Crippen LogP contribution >= 0.6 is 15.9 Å². The molecule has 2 aliphatic rings. The van der Waals surface area contributed by atoms with Crippen molar-refractivity contribution >= 4 is 15.9 Å². The Labute approximate surface area is 86.0 Å². The Morgan fingerprint density at radius 3 is 2.85 bits per heavy atom. The number of hydrogen-bond acceptors (Lipinski definition) is 2. The van der Waals surface area contributed by atoms with E-state index in [2.05, 4.69) is 26.9 Å². The van der Waals surface area contributed by atoms with Crippen molar-refractivity contribution in [2.45, 2.75) is 13.0 Å². The van der Waals surface area contributed by atoms with Crippen molar-refractivity contribution in [3.63, 3.8) is 0 Å². The lowest BCUT2D eigenvalue weighted by Crippen LogP contribution is -2.21. The minimum atomic E-state index is 0.840. The zero-order chi connectivity index (χ0) is 8.84. The normalized spacial score (nSPS) is 32.1. The van der Waals surface area contributed by atoms with Crippen molar-refractivity contribution in [3.05, 3.63) is 22.6 Å². The number of piperidine rings is 1. The van der Waals surface area contributed by atoms with E-state index < -0.39 is 0 Å². The molecule has 1 aromatic heterocycles. The fourth-order valence-corrected chi connectivity index (χ4v) is 2.70. The van der Waals surface area contributed by atoms with Gasteiger partial charge >= 0.3 is 0 Å². The van der Waals surface area contributed by atoms with Crippen LogP contribution in [0.5, 0.6) is 0 Å². The molecule has 1 saturated carbocycles. The monoisotopic (exact) mass is 241 g/mol. The van der Waals surface area contributed by atoms with E-state index in [0.29, 0.717) is 0 Å². The second-order valence-corrected chi connectivity index (χ2v) is 4.99. The van der Waals surface area contributed by atoms with Gasteiger partial charge in [-0.1, -0.05) is 0 Å². The van der Waals surface area contributed by atoms with E-state index in [1.807, 2.05) is 6.26 Å². The highest BCUT2D eigenvalue weighted by molar-refractivity contribution is 9.10. The summed E-state index contributed by atoms with van der Waals surface area (Å²) < 4.78 is 6.04. The van der Waals surface area contributed by atoms with E-state index in [0.717, 1.165) is 23.1 Å². The summed E-state index contributed by atoms with van der Waals surface area (Å²) in [5, 5.41) is 0. The molecule has 2 fully saturated rings. The minimum Gasteiger partial charge on any atom is -0.457 e. The first kappa shape index (κ1) is 8.06. The Bertz CT molecular complexity index is 312. The predicted molar refractivity (Wildman–Crippen MR) is 53.3 cm³/mol. The van der Waals surface area contributed by atoms with Gasteiger partial charge in [0, 0.05) is 25.2 Å². The van der Waals surface area contributed by atoms with E-state index >= 15 is 0 Å². The van der Waals surface area contributed by atoms with Gasteiger partial charge in [0.1, 0.15) is 0 Å². The van der Waals surface area contributed by atoms with E-state index in [9.17, 15) is 0 Å². The SMILES string of the molecule is Brc1cc(CN2CC3CC3C2)co1. The molecule has 0 aromatic carbocycles. The molecule has 3 heteroatoms. The first-order valence-corrected chi connectivity index (χ1v) is 5.56. The van der Waals surface area contributed by atoms with E-state index in [1.165, 1.54) is 25.1 Å². The topological polar surface area (TPSA) is 16.4 Å². The molecule has 2 unspecified atom stereocenters. The van der Waals surface area contributed by atoms with Crippen molar-refractivity contribution in [3.8, 4) is 0 Å². The van der Waals surface area contributed by atoms with Gasteiger partial charge in [0.25, 0.3) is 0 Å². The van der Waals surface area contributed by atoms with Crippen molar-refractivity contribution < 1.29 is 4.42 Å². The molecule has 70 valence electrons. The Morgan fingerprint density at radius 2 is 2.23 bits per heavy atom. The summed E-state index contributed by atoms with van der Waals surface area (Å²) in [6.07, 6.45) is 3.32. The Kier molecular flexibility index (Phi) is 1.77. The van der Waals surface area contributed by atoms with Crippen LogP contribution in [0.1, 0.15) is 12.0 Å². The molecule has 1 saturated heterocycles.